The van der Waals surface area contributed by atoms with Crippen molar-refractivity contribution in [3.8, 4) is 0 Å². The summed E-state index contributed by atoms with van der Waals surface area (Å²) in [5.41, 5.74) is -0.397. The van der Waals surface area contributed by atoms with Crippen LogP contribution in [0.1, 0.15) is 12.8 Å². The molecule has 0 bridgehead atoms. The maximum Gasteiger partial charge on any atom is 0.300 e. The summed E-state index contributed by atoms with van der Waals surface area (Å²) in [5, 5.41) is 10.0. The summed E-state index contributed by atoms with van der Waals surface area (Å²) in [5.74, 6) is -0.618. The lowest BCUT2D eigenvalue weighted by atomic mass is 10.1. The summed E-state index contributed by atoms with van der Waals surface area (Å²) in [7, 11) is 0. The number of rotatable bonds is 1. The number of hydrogen-bond acceptors (Lipinski definition) is 2. The molecule has 0 radical (unpaired) electrons. The summed E-state index contributed by atoms with van der Waals surface area (Å²) in [4.78, 5) is 9.32. The highest BCUT2D eigenvalue weighted by Crippen LogP contribution is 2.19. The van der Waals surface area contributed by atoms with Crippen molar-refractivity contribution in [3.05, 3.63) is 33.8 Å². The molecule has 1 aliphatic rings. The molecule has 1 rings (SSSR count). The molecule has 0 saturated carbocycles. The predicted molar refractivity (Wildman–Crippen MR) is 33.5 cm³/mol. The Bertz CT molecular complexity index is 220. The third-order valence-corrected chi connectivity index (χ3v) is 1.28. The summed E-state index contributed by atoms with van der Waals surface area (Å²) in [6.45, 7) is 0. The first-order valence-corrected chi connectivity index (χ1v) is 2.91. The van der Waals surface area contributed by atoms with E-state index in [1.54, 1.807) is 6.08 Å². The van der Waals surface area contributed by atoms with E-state index in [0.717, 1.165) is 0 Å². The molecule has 0 amide bonds. The van der Waals surface area contributed by atoms with Crippen LogP contribution in [0.4, 0.5) is 4.39 Å². The van der Waals surface area contributed by atoms with E-state index < -0.39 is 16.4 Å². The molecule has 1 aliphatic carbocycles. The lowest BCUT2D eigenvalue weighted by Crippen LogP contribution is -2.01. The van der Waals surface area contributed by atoms with Crippen LogP contribution in [0.3, 0.4) is 0 Å². The van der Waals surface area contributed by atoms with Crippen molar-refractivity contribution >= 4 is 0 Å². The quantitative estimate of drug-likeness (QED) is 0.415. The minimum Gasteiger partial charge on any atom is -0.258 e. The first kappa shape index (κ1) is 6.92. The average Bonchev–Trinajstić information content (AvgIpc) is 1.88. The molecule has 54 valence electrons. The summed E-state index contributed by atoms with van der Waals surface area (Å²) < 4.78 is 12.5. The second kappa shape index (κ2) is 2.60. The lowest BCUT2D eigenvalue weighted by molar-refractivity contribution is -0.421. The van der Waals surface area contributed by atoms with Crippen LogP contribution in [0.2, 0.25) is 0 Å². The van der Waals surface area contributed by atoms with Crippen LogP contribution < -0.4 is 0 Å². The normalized spacial score (nSPS) is 17.7. The Morgan fingerprint density at radius 2 is 2.40 bits per heavy atom. The second-order valence-corrected chi connectivity index (χ2v) is 1.99. The number of nitrogens with zero attached hydrogens (tertiary/aromatic N) is 1. The van der Waals surface area contributed by atoms with Crippen LogP contribution in [-0.2, 0) is 0 Å². The molecule has 0 aromatic rings. The van der Waals surface area contributed by atoms with Gasteiger partial charge in [0.15, 0.2) is 5.83 Å². The van der Waals surface area contributed by atoms with Crippen LogP contribution in [0.5, 0.6) is 0 Å². The zero-order chi connectivity index (χ0) is 7.56. The van der Waals surface area contributed by atoms with Gasteiger partial charge in [-0.15, -0.1) is 0 Å². The van der Waals surface area contributed by atoms with Gasteiger partial charge in [0.1, 0.15) is 0 Å². The van der Waals surface area contributed by atoms with Gasteiger partial charge in [-0.05, 0) is 6.42 Å². The van der Waals surface area contributed by atoms with E-state index in [9.17, 15) is 14.5 Å². The first-order valence-electron chi connectivity index (χ1n) is 2.91. The second-order valence-electron chi connectivity index (χ2n) is 1.99. The van der Waals surface area contributed by atoms with Crippen LogP contribution >= 0.6 is 0 Å². The van der Waals surface area contributed by atoms with E-state index in [2.05, 4.69) is 0 Å². The van der Waals surface area contributed by atoms with E-state index >= 15 is 0 Å². The van der Waals surface area contributed by atoms with Crippen LogP contribution in [0.25, 0.3) is 0 Å². The fourth-order valence-corrected chi connectivity index (χ4v) is 0.783. The van der Waals surface area contributed by atoms with E-state index in [0.29, 0.717) is 6.42 Å². The van der Waals surface area contributed by atoms with Crippen LogP contribution in [0, 0.1) is 10.1 Å². The Labute approximate surface area is 57.0 Å². The maximum atomic E-state index is 12.5. The third kappa shape index (κ3) is 1.21. The van der Waals surface area contributed by atoms with Crippen LogP contribution in [0.15, 0.2) is 23.7 Å². The fraction of sp³-hybridized carbons (Fsp3) is 0.333. The van der Waals surface area contributed by atoms with Crippen molar-refractivity contribution in [2.75, 3.05) is 0 Å². The van der Waals surface area contributed by atoms with Gasteiger partial charge < -0.3 is 0 Å². The van der Waals surface area contributed by atoms with E-state index in [-0.39, 0.29) is 6.42 Å². The van der Waals surface area contributed by atoms with Gasteiger partial charge in [0, 0.05) is 12.5 Å². The molecule has 0 heterocycles. The Morgan fingerprint density at radius 3 is 2.80 bits per heavy atom. The first-order chi connectivity index (χ1) is 4.72. The maximum absolute atomic E-state index is 12.5. The molecule has 0 aromatic carbocycles. The van der Waals surface area contributed by atoms with E-state index in [1.165, 1.54) is 6.08 Å². The molecule has 0 aromatic heterocycles. The van der Waals surface area contributed by atoms with E-state index in [1.807, 2.05) is 0 Å². The van der Waals surface area contributed by atoms with Gasteiger partial charge in [-0.25, -0.2) is 4.39 Å². The Hall–Kier alpha value is -1.19. The Kier molecular flexibility index (Phi) is 1.80. The lowest BCUT2D eigenvalue weighted by Gasteiger charge is -1.99. The summed E-state index contributed by atoms with van der Waals surface area (Å²) in [6, 6.07) is 0. The van der Waals surface area contributed by atoms with Gasteiger partial charge in [0.05, 0.1) is 4.92 Å². The van der Waals surface area contributed by atoms with Crippen molar-refractivity contribution in [1.29, 1.82) is 0 Å². The molecule has 0 aliphatic heterocycles. The number of hydrogen-bond donors (Lipinski definition) is 0. The standard InChI is InChI=1S/C6H6FNO2/c7-5-3-1-2-4-6(5)8(9)10/h2,4H,1,3H2. The minimum absolute atomic E-state index is 0.160. The number of allylic oxidation sites excluding steroid dienone is 3. The van der Waals surface area contributed by atoms with Crippen molar-refractivity contribution in [2.24, 2.45) is 0 Å². The molecule has 10 heavy (non-hydrogen) atoms. The average molecular weight is 143 g/mol. The molecular formula is C6H6FNO2. The number of nitro groups is 1. The van der Waals surface area contributed by atoms with Crippen molar-refractivity contribution in [2.45, 2.75) is 12.8 Å². The van der Waals surface area contributed by atoms with Crippen molar-refractivity contribution in [1.82, 2.24) is 0 Å². The largest absolute Gasteiger partial charge is 0.300 e. The fourth-order valence-electron chi connectivity index (χ4n) is 0.783. The Morgan fingerprint density at radius 1 is 1.70 bits per heavy atom. The SMILES string of the molecule is O=[N+]([O-])C1=C(F)CCC=C1. The summed E-state index contributed by atoms with van der Waals surface area (Å²) >= 11 is 0. The topological polar surface area (TPSA) is 43.1 Å². The molecule has 3 nitrogen and oxygen atoms in total. The highest BCUT2D eigenvalue weighted by atomic mass is 19.1. The van der Waals surface area contributed by atoms with Gasteiger partial charge in [-0.1, -0.05) is 6.08 Å². The molecule has 0 spiro atoms. The van der Waals surface area contributed by atoms with Gasteiger partial charge in [0.25, 0.3) is 5.70 Å². The van der Waals surface area contributed by atoms with Gasteiger partial charge >= 0.3 is 0 Å². The molecule has 4 heteroatoms. The van der Waals surface area contributed by atoms with Crippen LogP contribution in [-0.4, -0.2) is 4.92 Å². The van der Waals surface area contributed by atoms with Gasteiger partial charge in [-0.3, -0.25) is 10.1 Å². The molecule has 0 N–H and O–H groups in total. The summed E-state index contributed by atoms with van der Waals surface area (Å²) in [6.07, 6.45) is 3.52. The highest BCUT2D eigenvalue weighted by molar-refractivity contribution is 5.19. The van der Waals surface area contributed by atoms with Crippen molar-refractivity contribution in [3.63, 3.8) is 0 Å². The molecule has 0 unspecified atom stereocenters. The van der Waals surface area contributed by atoms with Gasteiger partial charge in [-0.2, -0.15) is 0 Å². The molecule has 0 atom stereocenters. The third-order valence-electron chi connectivity index (χ3n) is 1.28. The Balaban J connectivity index is 2.90. The zero-order valence-electron chi connectivity index (χ0n) is 5.21. The monoisotopic (exact) mass is 143 g/mol. The molecule has 0 fully saturated rings. The number of halogens is 1. The zero-order valence-corrected chi connectivity index (χ0v) is 5.21. The highest BCUT2D eigenvalue weighted by Gasteiger charge is 2.17. The molecule has 0 saturated heterocycles. The smallest absolute Gasteiger partial charge is 0.258 e. The molecular weight excluding hydrogens is 137 g/mol. The van der Waals surface area contributed by atoms with Crippen molar-refractivity contribution < 1.29 is 9.31 Å². The van der Waals surface area contributed by atoms with Gasteiger partial charge in [0.2, 0.25) is 0 Å². The predicted octanol–water partition coefficient (Wildman–Crippen LogP) is 1.79. The van der Waals surface area contributed by atoms with E-state index in [4.69, 9.17) is 0 Å². The minimum atomic E-state index is -0.703.